The Bertz CT molecular complexity index is 575. The minimum atomic E-state index is -0.983. The number of amides is 1. The molecule has 0 saturated carbocycles. The monoisotopic (exact) mass is 350 g/mol. The molecule has 25 heavy (non-hydrogen) atoms. The van der Waals surface area contributed by atoms with Crippen LogP contribution in [0.3, 0.4) is 0 Å². The average Bonchev–Trinajstić information content (AvgIpc) is 2.61. The van der Waals surface area contributed by atoms with Gasteiger partial charge in [-0.05, 0) is 30.7 Å². The van der Waals surface area contributed by atoms with Crippen LogP contribution in [0.15, 0.2) is 30.3 Å². The van der Waals surface area contributed by atoms with Crippen LogP contribution in [0, 0.1) is 11.8 Å². The highest BCUT2D eigenvalue weighted by molar-refractivity contribution is 5.67. The van der Waals surface area contributed by atoms with E-state index in [-0.39, 0.29) is 24.5 Å². The van der Waals surface area contributed by atoms with Crippen LogP contribution in [0.5, 0.6) is 0 Å². The average molecular weight is 350 g/mol. The summed E-state index contributed by atoms with van der Waals surface area (Å²) in [6.07, 6.45) is 0.102. The molecule has 0 radical (unpaired) electrons. The normalized spacial score (nSPS) is 29.2. The summed E-state index contributed by atoms with van der Waals surface area (Å²) in [6, 6.07) is 9.57. The van der Waals surface area contributed by atoms with Gasteiger partial charge in [0.25, 0.3) is 0 Å². The summed E-state index contributed by atoms with van der Waals surface area (Å²) in [5.74, 6) is 0.139. The second kappa shape index (κ2) is 7.70. The van der Waals surface area contributed by atoms with Gasteiger partial charge in [0.15, 0.2) is 6.30 Å². The highest BCUT2D eigenvalue weighted by Gasteiger charge is 2.45. The summed E-state index contributed by atoms with van der Waals surface area (Å²) in [6.45, 7) is 3.66. The number of aliphatic hydroxyl groups is 1. The summed E-state index contributed by atoms with van der Waals surface area (Å²) in [7, 11) is 0. The first-order valence-electron chi connectivity index (χ1n) is 9.03. The summed E-state index contributed by atoms with van der Waals surface area (Å²) >= 11 is 0. The Morgan fingerprint density at radius 2 is 2.04 bits per heavy atom. The maximum Gasteiger partial charge on any atom is 0.410 e. The molecule has 3 unspecified atom stereocenters. The van der Waals surface area contributed by atoms with Gasteiger partial charge in [-0.1, -0.05) is 37.3 Å². The van der Waals surface area contributed by atoms with Crippen molar-refractivity contribution in [2.24, 2.45) is 11.8 Å². The van der Waals surface area contributed by atoms with Crippen molar-refractivity contribution in [2.75, 3.05) is 19.6 Å². The van der Waals surface area contributed by atoms with Gasteiger partial charge in [0, 0.05) is 25.6 Å². The van der Waals surface area contributed by atoms with E-state index in [1.165, 1.54) is 0 Å². The van der Waals surface area contributed by atoms with E-state index in [4.69, 9.17) is 4.74 Å². The summed E-state index contributed by atoms with van der Waals surface area (Å²) < 4.78 is 18.8. The number of carbonyl (C=O) groups excluding carboxylic acids is 1. The van der Waals surface area contributed by atoms with E-state index in [9.17, 15) is 14.3 Å². The van der Waals surface area contributed by atoms with Crippen LogP contribution < -0.4 is 5.32 Å². The molecular formula is C19H27FN2O3. The molecule has 3 rings (SSSR count). The molecule has 1 amide bonds. The largest absolute Gasteiger partial charge is 0.445 e. The van der Waals surface area contributed by atoms with E-state index in [1.54, 1.807) is 4.90 Å². The Labute approximate surface area is 148 Å². The van der Waals surface area contributed by atoms with Crippen LogP contribution in [0.1, 0.15) is 31.7 Å². The summed E-state index contributed by atoms with van der Waals surface area (Å²) in [5, 5.41) is 13.8. The zero-order chi connectivity index (χ0) is 17.9. The van der Waals surface area contributed by atoms with E-state index in [2.05, 4.69) is 5.32 Å². The van der Waals surface area contributed by atoms with Crippen molar-refractivity contribution in [1.29, 1.82) is 0 Å². The first kappa shape index (κ1) is 18.1. The number of hydrogen-bond acceptors (Lipinski definition) is 4. The molecule has 1 aromatic rings. The van der Waals surface area contributed by atoms with Crippen molar-refractivity contribution in [3.63, 3.8) is 0 Å². The van der Waals surface area contributed by atoms with Crippen LogP contribution in [0.4, 0.5) is 9.18 Å². The molecule has 0 bridgehead atoms. The number of likely N-dealkylation sites (tertiary alicyclic amines) is 1. The maximum absolute atomic E-state index is 13.4. The Morgan fingerprint density at radius 3 is 2.68 bits per heavy atom. The van der Waals surface area contributed by atoms with E-state index in [0.29, 0.717) is 38.9 Å². The van der Waals surface area contributed by atoms with Gasteiger partial charge in [-0.15, -0.1) is 0 Å². The van der Waals surface area contributed by atoms with Gasteiger partial charge >= 0.3 is 6.09 Å². The van der Waals surface area contributed by atoms with Gasteiger partial charge in [0.2, 0.25) is 0 Å². The van der Waals surface area contributed by atoms with Crippen molar-refractivity contribution in [2.45, 2.75) is 44.7 Å². The van der Waals surface area contributed by atoms with Gasteiger partial charge in [-0.2, -0.15) is 0 Å². The van der Waals surface area contributed by atoms with Gasteiger partial charge in [-0.25, -0.2) is 9.18 Å². The molecule has 6 heteroatoms. The predicted molar refractivity (Wildman–Crippen MR) is 92.6 cm³/mol. The number of halogens is 1. The maximum atomic E-state index is 13.4. The molecular weight excluding hydrogens is 323 g/mol. The Morgan fingerprint density at radius 1 is 1.36 bits per heavy atom. The van der Waals surface area contributed by atoms with E-state index >= 15 is 0 Å². The van der Waals surface area contributed by atoms with Crippen molar-refractivity contribution < 1.29 is 19.0 Å². The van der Waals surface area contributed by atoms with Crippen molar-refractivity contribution >= 4 is 6.09 Å². The number of piperidine rings is 2. The van der Waals surface area contributed by atoms with Crippen molar-refractivity contribution in [1.82, 2.24) is 10.2 Å². The summed E-state index contributed by atoms with van der Waals surface area (Å²) in [5.41, 5.74) is 0.107. The number of carbonyl (C=O) groups is 1. The van der Waals surface area contributed by atoms with E-state index in [0.717, 1.165) is 5.56 Å². The molecule has 2 aliphatic heterocycles. The standard InChI is InChI=1S/C19H27FN2O3/c1-14-11-17(20)21-12-16(14)19(24)7-9-22(10-8-19)18(23)25-13-15-5-3-2-4-6-15/h2-6,14,16-17,21,24H,7-13H2,1H3. The molecule has 0 spiro atoms. The Kier molecular flexibility index (Phi) is 5.59. The third-order valence-corrected chi connectivity index (χ3v) is 5.61. The lowest BCUT2D eigenvalue weighted by Gasteiger charge is -2.47. The number of nitrogens with one attached hydrogen (secondary N) is 1. The lowest BCUT2D eigenvalue weighted by atomic mass is 9.71. The van der Waals surface area contributed by atoms with Gasteiger partial charge in [-0.3, -0.25) is 5.32 Å². The predicted octanol–water partition coefficient (Wildman–Crippen LogP) is 2.69. The fourth-order valence-corrected chi connectivity index (χ4v) is 4.01. The molecule has 5 nitrogen and oxygen atoms in total. The van der Waals surface area contributed by atoms with Gasteiger partial charge in [0.05, 0.1) is 5.60 Å². The fourth-order valence-electron chi connectivity index (χ4n) is 4.01. The number of nitrogens with zero attached hydrogens (tertiary/aromatic N) is 1. The quantitative estimate of drug-likeness (QED) is 0.823. The Hall–Kier alpha value is -1.66. The van der Waals surface area contributed by atoms with E-state index in [1.807, 2.05) is 37.3 Å². The molecule has 2 aliphatic rings. The second-order valence-electron chi connectivity index (χ2n) is 7.33. The number of rotatable bonds is 3. The number of ether oxygens (including phenoxy) is 1. The lowest BCUT2D eigenvalue weighted by molar-refractivity contribution is -0.0944. The zero-order valence-corrected chi connectivity index (χ0v) is 14.7. The van der Waals surface area contributed by atoms with Crippen molar-refractivity contribution in [3.8, 4) is 0 Å². The molecule has 2 fully saturated rings. The molecule has 1 aromatic carbocycles. The van der Waals surface area contributed by atoms with Crippen LogP contribution >= 0.6 is 0 Å². The van der Waals surface area contributed by atoms with Crippen LogP contribution in [0.25, 0.3) is 0 Å². The number of alkyl halides is 1. The summed E-state index contributed by atoms with van der Waals surface area (Å²) in [4.78, 5) is 13.9. The topological polar surface area (TPSA) is 61.8 Å². The fraction of sp³-hybridized carbons (Fsp3) is 0.632. The second-order valence-corrected chi connectivity index (χ2v) is 7.33. The molecule has 0 aliphatic carbocycles. The molecule has 2 N–H and O–H groups in total. The highest BCUT2D eigenvalue weighted by atomic mass is 19.1. The third-order valence-electron chi connectivity index (χ3n) is 5.61. The zero-order valence-electron chi connectivity index (χ0n) is 14.7. The molecule has 2 heterocycles. The van der Waals surface area contributed by atoms with Crippen LogP contribution in [-0.4, -0.2) is 47.6 Å². The first-order valence-corrected chi connectivity index (χ1v) is 9.03. The lowest BCUT2D eigenvalue weighted by Crippen LogP contribution is -2.57. The molecule has 0 aromatic heterocycles. The van der Waals surface area contributed by atoms with E-state index < -0.39 is 11.9 Å². The third kappa shape index (κ3) is 4.30. The highest BCUT2D eigenvalue weighted by Crippen LogP contribution is 2.38. The van der Waals surface area contributed by atoms with Gasteiger partial charge < -0.3 is 14.7 Å². The van der Waals surface area contributed by atoms with Crippen LogP contribution in [0.2, 0.25) is 0 Å². The van der Waals surface area contributed by atoms with Crippen molar-refractivity contribution in [3.05, 3.63) is 35.9 Å². The van der Waals surface area contributed by atoms with Crippen LogP contribution in [-0.2, 0) is 11.3 Å². The smallest absolute Gasteiger partial charge is 0.410 e. The Balaban J connectivity index is 1.50. The number of benzene rings is 1. The minimum Gasteiger partial charge on any atom is -0.445 e. The number of hydrogen-bond donors (Lipinski definition) is 2. The minimum absolute atomic E-state index is 0.0157. The molecule has 3 atom stereocenters. The molecule has 2 saturated heterocycles. The molecule has 138 valence electrons. The first-order chi connectivity index (χ1) is 12.0. The van der Waals surface area contributed by atoms with Gasteiger partial charge in [0.1, 0.15) is 6.61 Å². The SMILES string of the molecule is CC1CC(F)NCC1C1(O)CCN(C(=O)OCc2ccccc2)CC1.